The maximum atomic E-state index is 11.6. The second-order valence-electron chi connectivity index (χ2n) is 7.74. The minimum atomic E-state index is -0.0716. The van der Waals surface area contributed by atoms with Crippen molar-refractivity contribution in [1.82, 2.24) is 14.9 Å². The standard InChI is InChI=1S/C26H33N3O3/c1-4-31-23-14-9-10-15-24(23)32-19-18-29-22-13-8-7-12-21(22)28-25(29)16-6-5-11-17-27-26(30)20(2)3/h7-10,12-15H,2,4-6,11,16-19H2,1,3H3,(H,27,30). The van der Waals surface area contributed by atoms with Gasteiger partial charge in [-0.15, -0.1) is 0 Å². The molecule has 0 unspecified atom stereocenters. The quantitative estimate of drug-likeness (QED) is 0.306. The van der Waals surface area contributed by atoms with Gasteiger partial charge in [-0.3, -0.25) is 4.79 Å². The maximum absolute atomic E-state index is 11.6. The number of amides is 1. The molecule has 1 amide bonds. The van der Waals surface area contributed by atoms with Crippen LogP contribution < -0.4 is 14.8 Å². The van der Waals surface area contributed by atoms with E-state index in [1.807, 2.05) is 49.4 Å². The van der Waals surface area contributed by atoms with Crippen LogP contribution in [0.3, 0.4) is 0 Å². The average molecular weight is 436 g/mol. The Morgan fingerprint density at radius 2 is 1.75 bits per heavy atom. The van der Waals surface area contributed by atoms with Gasteiger partial charge in [-0.05, 0) is 51.0 Å². The number of ether oxygens (including phenoxy) is 2. The monoisotopic (exact) mass is 435 g/mol. The molecule has 1 heterocycles. The number of imidazole rings is 1. The summed E-state index contributed by atoms with van der Waals surface area (Å²) in [6, 6.07) is 16.0. The van der Waals surface area contributed by atoms with Crippen molar-refractivity contribution in [3.63, 3.8) is 0 Å². The van der Waals surface area contributed by atoms with Crippen LogP contribution in [0.25, 0.3) is 11.0 Å². The molecule has 6 nitrogen and oxygen atoms in total. The van der Waals surface area contributed by atoms with Gasteiger partial charge >= 0.3 is 0 Å². The first-order valence-corrected chi connectivity index (χ1v) is 11.3. The zero-order chi connectivity index (χ0) is 22.8. The number of carbonyl (C=O) groups is 1. The summed E-state index contributed by atoms with van der Waals surface area (Å²) in [7, 11) is 0. The number of aromatic nitrogens is 2. The first-order valence-electron chi connectivity index (χ1n) is 11.3. The smallest absolute Gasteiger partial charge is 0.246 e. The number of hydrogen-bond donors (Lipinski definition) is 1. The molecule has 3 rings (SSSR count). The number of rotatable bonds is 13. The van der Waals surface area contributed by atoms with E-state index in [9.17, 15) is 4.79 Å². The molecule has 0 aliphatic rings. The van der Waals surface area contributed by atoms with Gasteiger partial charge in [0, 0.05) is 18.5 Å². The number of nitrogens with zero attached hydrogens (tertiary/aromatic N) is 2. The van der Waals surface area contributed by atoms with Gasteiger partial charge in [0.15, 0.2) is 11.5 Å². The highest BCUT2D eigenvalue weighted by Crippen LogP contribution is 2.26. The molecule has 0 fully saturated rings. The van der Waals surface area contributed by atoms with Gasteiger partial charge in [-0.1, -0.05) is 37.3 Å². The van der Waals surface area contributed by atoms with Crippen LogP contribution in [-0.4, -0.2) is 35.2 Å². The topological polar surface area (TPSA) is 65.4 Å². The molecule has 0 aliphatic carbocycles. The Kier molecular flexibility index (Phi) is 8.72. The molecule has 3 aromatic rings. The molecule has 0 aliphatic heterocycles. The molecule has 0 saturated carbocycles. The molecule has 6 heteroatoms. The first kappa shape index (κ1) is 23.4. The molecule has 0 radical (unpaired) electrons. The number of hydrogen-bond acceptors (Lipinski definition) is 4. The van der Waals surface area contributed by atoms with Crippen LogP contribution in [0.15, 0.2) is 60.7 Å². The fourth-order valence-electron chi connectivity index (χ4n) is 3.59. The van der Waals surface area contributed by atoms with Crippen molar-refractivity contribution in [2.75, 3.05) is 19.8 Å². The summed E-state index contributed by atoms with van der Waals surface area (Å²) in [6.45, 7) is 9.87. The van der Waals surface area contributed by atoms with E-state index in [1.165, 1.54) is 0 Å². The number of fused-ring (bicyclic) bond motifs is 1. The van der Waals surface area contributed by atoms with Crippen LogP contribution in [0.5, 0.6) is 11.5 Å². The Hall–Kier alpha value is -3.28. The number of nitrogens with one attached hydrogen (secondary N) is 1. The maximum Gasteiger partial charge on any atom is 0.246 e. The number of unbranched alkanes of at least 4 members (excludes halogenated alkanes) is 2. The second-order valence-corrected chi connectivity index (χ2v) is 7.74. The van der Waals surface area contributed by atoms with E-state index in [0.29, 0.717) is 31.9 Å². The van der Waals surface area contributed by atoms with Crippen molar-refractivity contribution < 1.29 is 14.3 Å². The average Bonchev–Trinajstić information content (AvgIpc) is 3.14. The normalized spacial score (nSPS) is 10.8. The number of carbonyl (C=O) groups excluding carboxylic acids is 1. The van der Waals surface area contributed by atoms with Crippen LogP contribution in [-0.2, 0) is 17.8 Å². The molecule has 0 bridgehead atoms. The van der Waals surface area contributed by atoms with E-state index in [1.54, 1.807) is 6.92 Å². The summed E-state index contributed by atoms with van der Waals surface area (Å²) in [5.41, 5.74) is 2.67. The van der Waals surface area contributed by atoms with E-state index < -0.39 is 0 Å². The SMILES string of the molecule is C=C(C)C(=O)NCCCCCc1nc2ccccc2n1CCOc1ccccc1OCC. The molecule has 0 saturated heterocycles. The lowest BCUT2D eigenvalue weighted by Gasteiger charge is -2.13. The number of aryl methyl sites for hydroxylation is 1. The fraction of sp³-hybridized carbons (Fsp3) is 0.385. The molecule has 170 valence electrons. The molecular formula is C26H33N3O3. The second kappa shape index (κ2) is 11.9. The molecule has 1 N–H and O–H groups in total. The van der Waals surface area contributed by atoms with E-state index in [-0.39, 0.29) is 5.91 Å². The van der Waals surface area contributed by atoms with Gasteiger partial charge in [-0.2, -0.15) is 0 Å². The van der Waals surface area contributed by atoms with Crippen molar-refractivity contribution in [1.29, 1.82) is 0 Å². The summed E-state index contributed by atoms with van der Waals surface area (Å²) in [5, 5.41) is 2.88. The molecular weight excluding hydrogens is 402 g/mol. The highest BCUT2D eigenvalue weighted by atomic mass is 16.5. The van der Waals surface area contributed by atoms with E-state index in [2.05, 4.69) is 22.5 Å². The van der Waals surface area contributed by atoms with Crippen molar-refractivity contribution in [3.05, 3.63) is 66.5 Å². The van der Waals surface area contributed by atoms with Crippen LogP contribution >= 0.6 is 0 Å². The van der Waals surface area contributed by atoms with Gasteiger partial charge in [0.1, 0.15) is 12.4 Å². The van der Waals surface area contributed by atoms with Gasteiger partial charge in [-0.25, -0.2) is 4.98 Å². The molecule has 1 aromatic heterocycles. The van der Waals surface area contributed by atoms with E-state index in [0.717, 1.165) is 54.0 Å². The Balaban J connectivity index is 1.57. The van der Waals surface area contributed by atoms with Crippen molar-refractivity contribution in [2.45, 2.75) is 46.1 Å². The van der Waals surface area contributed by atoms with Gasteiger partial charge in [0.05, 0.1) is 24.2 Å². The molecule has 32 heavy (non-hydrogen) atoms. The number of benzene rings is 2. The predicted molar refractivity (Wildman–Crippen MR) is 128 cm³/mol. The minimum absolute atomic E-state index is 0.0716. The number of para-hydroxylation sites is 4. The predicted octanol–water partition coefficient (Wildman–Crippen LogP) is 4.92. The first-order chi connectivity index (χ1) is 15.6. The molecule has 0 spiro atoms. The van der Waals surface area contributed by atoms with Crippen LogP contribution in [0, 0.1) is 0 Å². The highest BCUT2D eigenvalue weighted by molar-refractivity contribution is 5.92. The zero-order valence-corrected chi connectivity index (χ0v) is 19.1. The lowest BCUT2D eigenvalue weighted by atomic mass is 10.2. The van der Waals surface area contributed by atoms with Gasteiger partial charge in [0.25, 0.3) is 0 Å². The fourth-order valence-corrected chi connectivity index (χ4v) is 3.59. The summed E-state index contributed by atoms with van der Waals surface area (Å²) >= 11 is 0. The summed E-state index contributed by atoms with van der Waals surface area (Å²) in [4.78, 5) is 16.4. The third kappa shape index (κ3) is 6.36. The lowest BCUT2D eigenvalue weighted by molar-refractivity contribution is -0.117. The summed E-state index contributed by atoms with van der Waals surface area (Å²) in [6.07, 6.45) is 3.87. The van der Waals surface area contributed by atoms with Crippen LogP contribution in [0.1, 0.15) is 38.9 Å². The highest BCUT2D eigenvalue weighted by Gasteiger charge is 2.11. The Bertz CT molecular complexity index is 1040. The minimum Gasteiger partial charge on any atom is -0.490 e. The van der Waals surface area contributed by atoms with Crippen LogP contribution in [0.4, 0.5) is 0 Å². The largest absolute Gasteiger partial charge is 0.490 e. The summed E-state index contributed by atoms with van der Waals surface area (Å²) < 4.78 is 14.0. The van der Waals surface area contributed by atoms with E-state index >= 15 is 0 Å². The van der Waals surface area contributed by atoms with Gasteiger partial charge in [0.2, 0.25) is 5.91 Å². The van der Waals surface area contributed by atoms with Crippen LogP contribution in [0.2, 0.25) is 0 Å². The Morgan fingerprint density at radius 3 is 2.50 bits per heavy atom. The van der Waals surface area contributed by atoms with E-state index in [4.69, 9.17) is 14.5 Å². The van der Waals surface area contributed by atoms with Crippen molar-refractivity contribution >= 4 is 16.9 Å². The third-order valence-electron chi connectivity index (χ3n) is 5.21. The van der Waals surface area contributed by atoms with Crippen molar-refractivity contribution in [2.24, 2.45) is 0 Å². The Morgan fingerprint density at radius 1 is 1.03 bits per heavy atom. The molecule has 2 aromatic carbocycles. The lowest BCUT2D eigenvalue weighted by Crippen LogP contribution is -2.24. The summed E-state index contributed by atoms with van der Waals surface area (Å²) in [5.74, 6) is 2.53. The van der Waals surface area contributed by atoms with Gasteiger partial charge < -0.3 is 19.4 Å². The van der Waals surface area contributed by atoms with Crippen molar-refractivity contribution in [3.8, 4) is 11.5 Å². The Labute approximate surface area is 190 Å². The molecule has 0 atom stereocenters. The third-order valence-corrected chi connectivity index (χ3v) is 5.21. The zero-order valence-electron chi connectivity index (χ0n) is 19.1.